The standard InChI is InChI=1S/C23H20BrN3O3/c1-29-18-13-15(12-17(24)23(18)30-2)20(27-19-7-3-4-10-25-19)16-9-8-14-6-5-11-26-21(14)22(16)28/h3-13,20,28H,1-2H3,(H,25,27)/p+1/t20-/m0/s1. The first-order valence-corrected chi connectivity index (χ1v) is 10.1. The Bertz CT molecular complexity index is 1190. The molecule has 0 aliphatic rings. The molecule has 2 heterocycles. The predicted octanol–water partition coefficient (Wildman–Crippen LogP) is 4.74. The van der Waals surface area contributed by atoms with Crippen LogP contribution in [0.1, 0.15) is 17.2 Å². The number of nitrogens with zero attached hydrogens (tertiary/aromatic N) is 1. The fourth-order valence-corrected chi connectivity index (χ4v) is 4.08. The number of anilines is 1. The second-order valence-electron chi connectivity index (χ2n) is 6.67. The van der Waals surface area contributed by atoms with E-state index in [9.17, 15) is 5.11 Å². The number of H-pyrrole nitrogens is 1. The van der Waals surface area contributed by atoms with Gasteiger partial charge >= 0.3 is 0 Å². The molecule has 152 valence electrons. The van der Waals surface area contributed by atoms with Gasteiger partial charge in [0.25, 0.3) is 5.82 Å². The van der Waals surface area contributed by atoms with Crippen molar-refractivity contribution in [2.75, 3.05) is 19.5 Å². The van der Waals surface area contributed by atoms with Gasteiger partial charge in [0, 0.05) is 28.8 Å². The summed E-state index contributed by atoms with van der Waals surface area (Å²) in [6.45, 7) is 0. The Balaban J connectivity index is 1.90. The van der Waals surface area contributed by atoms with E-state index in [-0.39, 0.29) is 11.8 Å². The zero-order valence-corrected chi connectivity index (χ0v) is 18.1. The van der Waals surface area contributed by atoms with Crippen molar-refractivity contribution in [1.29, 1.82) is 0 Å². The number of fused-ring (bicyclic) bond motifs is 1. The molecule has 0 spiro atoms. The van der Waals surface area contributed by atoms with Crippen LogP contribution >= 0.6 is 15.9 Å². The average molecular weight is 467 g/mol. The third-order valence-electron chi connectivity index (χ3n) is 4.89. The predicted molar refractivity (Wildman–Crippen MR) is 119 cm³/mol. The van der Waals surface area contributed by atoms with Crippen molar-refractivity contribution in [2.24, 2.45) is 0 Å². The van der Waals surface area contributed by atoms with Gasteiger partial charge < -0.3 is 14.6 Å². The highest BCUT2D eigenvalue weighted by Gasteiger charge is 2.26. The first-order chi connectivity index (χ1) is 14.6. The second-order valence-corrected chi connectivity index (χ2v) is 7.52. The molecule has 2 aromatic heterocycles. The van der Waals surface area contributed by atoms with E-state index in [0.29, 0.717) is 22.6 Å². The molecule has 6 nitrogen and oxygen atoms in total. The van der Waals surface area contributed by atoms with Gasteiger partial charge in [-0.15, -0.1) is 0 Å². The van der Waals surface area contributed by atoms with Crippen molar-refractivity contribution in [3.8, 4) is 17.2 Å². The lowest BCUT2D eigenvalue weighted by Crippen LogP contribution is -2.19. The molecule has 1 atom stereocenters. The molecule has 4 rings (SSSR count). The van der Waals surface area contributed by atoms with Gasteiger partial charge in [0.2, 0.25) is 0 Å². The fraction of sp³-hybridized carbons (Fsp3) is 0.130. The van der Waals surface area contributed by atoms with Crippen molar-refractivity contribution in [3.63, 3.8) is 0 Å². The summed E-state index contributed by atoms with van der Waals surface area (Å²) in [6, 6.07) is 16.9. The van der Waals surface area contributed by atoms with Gasteiger partial charge in [-0.25, -0.2) is 4.98 Å². The minimum absolute atomic E-state index is 0.132. The second kappa shape index (κ2) is 8.59. The van der Waals surface area contributed by atoms with E-state index < -0.39 is 0 Å². The van der Waals surface area contributed by atoms with Crippen LogP contribution < -0.4 is 19.8 Å². The zero-order valence-electron chi connectivity index (χ0n) is 16.5. The summed E-state index contributed by atoms with van der Waals surface area (Å²) in [5.74, 6) is 2.13. The van der Waals surface area contributed by atoms with Crippen LogP contribution in [0.2, 0.25) is 0 Å². The molecule has 0 bridgehead atoms. The number of phenolic OH excluding ortho intramolecular Hbond substituents is 1. The first-order valence-electron chi connectivity index (χ1n) is 9.33. The van der Waals surface area contributed by atoms with Crippen LogP contribution in [0.5, 0.6) is 17.2 Å². The summed E-state index contributed by atoms with van der Waals surface area (Å²) in [4.78, 5) is 7.55. The van der Waals surface area contributed by atoms with E-state index in [1.54, 1.807) is 20.4 Å². The average Bonchev–Trinajstić information content (AvgIpc) is 2.78. The molecule has 4 aromatic rings. The van der Waals surface area contributed by atoms with Crippen molar-refractivity contribution in [3.05, 3.63) is 82.6 Å². The number of hydrogen-bond donors (Lipinski definition) is 2. The minimum Gasteiger partial charge on any atom is -0.505 e. The minimum atomic E-state index is -0.383. The number of aromatic nitrogens is 2. The fourth-order valence-electron chi connectivity index (χ4n) is 3.46. The van der Waals surface area contributed by atoms with Gasteiger partial charge in [-0.05, 0) is 46.3 Å². The maximum absolute atomic E-state index is 11.1. The highest BCUT2D eigenvalue weighted by atomic mass is 79.9. The number of phenols is 1. The Morgan fingerprint density at radius 1 is 1.07 bits per heavy atom. The number of aromatic amines is 1. The van der Waals surface area contributed by atoms with Gasteiger partial charge in [-0.3, -0.25) is 10.3 Å². The molecule has 0 unspecified atom stereocenters. The zero-order chi connectivity index (χ0) is 21.1. The summed E-state index contributed by atoms with van der Waals surface area (Å²) < 4.78 is 11.7. The third kappa shape index (κ3) is 3.76. The number of halogens is 1. The molecule has 3 N–H and O–H groups in total. The summed E-state index contributed by atoms with van der Waals surface area (Å²) in [5, 5.41) is 15.4. The van der Waals surface area contributed by atoms with Crippen molar-refractivity contribution in [1.82, 2.24) is 4.98 Å². The van der Waals surface area contributed by atoms with E-state index in [0.717, 1.165) is 21.2 Å². The molecule has 0 amide bonds. The number of hydrogen-bond acceptors (Lipinski definition) is 5. The molecule has 0 fully saturated rings. The topological polar surface area (TPSA) is 77.8 Å². The largest absolute Gasteiger partial charge is 0.505 e. The molecular weight excluding hydrogens is 446 g/mol. The normalized spacial score (nSPS) is 11.8. The third-order valence-corrected chi connectivity index (χ3v) is 5.48. The van der Waals surface area contributed by atoms with Crippen LogP contribution in [0.25, 0.3) is 10.9 Å². The Labute approximate surface area is 182 Å². The van der Waals surface area contributed by atoms with Crippen molar-refractivity contribution >= 4 is 32.7 Å². The SMILES string of the molecule is COc1cc([C@H](Nc2cccc[nH+]2)c2ccc3cccnc3c2O)cc(Br)c1OC. The van der Waals surface area contributed by atoms with Gasteiger partial charge in [-0.1, -0.05) is 18.2 Å². The van der Waals surface area contributed by atoms with Crippen LogP contribution in [0.3, 0.4) is 0 Å². The number of rotatable bonds is 6. The number of nitrogens with one attached hydrogen (secondary N) is 2. The van der Waals surface area contributed by atoms with Gasteiger partial charge in [-0.2, -0.15) is 0 Å². The Morgan fingerprint density at radius 3 is 2.67 bits per heavy atom. The number of methoxy groups -OCH3 is 2. The first kappa shape index (κ1) is 20.0. The maximum atomic E-state index is 11.1. The van der Waals surface area contributed by atoms with Crippen molar-refractivity contribution < 1.29 is 19.6 Å². The highest BCUT2D eigenvalue weighted by molar-refractivity contribution is 9.10. The molecule has 0 saturated carbocycles. The summed E-state index contributed by atoms with van der Waals surface area (Å²) in [7, 11) is 3.19. The van der Waals surface area contributed by atoms with Gasteiger partial charge in [0.1, 0.15) is 17.3 Å². The maximum Gasteiger partial charge on any atom is 0.272 e. The summed E-state index contributed by atoms with van der Waals surface area (Å²) in [5.41, 5.74) is 2.12. The van der Waals surface area contributed by atoms with E-state index in [1.165, 1.54) is 0 Å². The number of ether oxygens (including phenoxy) is 2. The highest BCUT2D eigenvalue weighted by Crippen LogP contribution is 2.42. The molecule has 2 aromatic carbocycles. The lowest BCUT2D eigenvalue weighted by atomic mass is 9.95. The van der Waals surface area contributed by atoms with E-state index in [4.69, 9.17) is 9.47 Å². The lowest BCUT2D eigenvalue weighted by Gasteiger charge is -2.20. The smallest absolute Gasteiger partial charge is 0.272 e. The Hall–Kier alpha value is -3.32. The van der Waals surface area contributed by atoms with E-state index >= 15 is 0 Å². The molecule has 0 aliphatic heterocycles. The van der Waals surface area contributed by atoms with E-state index in [1.807, 2.05) is 60.8 Å². The molecule has 0 saturated heterocycles. The van der Waals surface area contributed by atoms with Crippen LogP contribution in [0.15, 0.2) is 71.5 Å². The van der Waals surface area contributed by atoms with Crippen LogP contribution in [0.4, 0.5) is 5.82 Å². The Morgan fingerprint density at radius 2 is 1.93 bits per heavy atom. The molecular formula is C23H21BrN3O3+. The molecule has 30 heavy (non-hydrogen) atoms. The van der Waals surface area contributed by atoms with Crippen LogP contribution in [-0.4, -0.2) is 24.3 Å². The van der Waals surface area contributed by atoms with Crippen LogP contribution in [0, 0.1) is 0 Å². The summed E-state index contributed by atoms with van der Waals surface area (Å²) >= 11 is 3.57. The molecule has 0 aliphatic carbocycles. The lowest BCUT2D eigenvalue weighted by molar-refractivity contribution is -0.361. The van der Waals surface area contributed by atoms with Crippen LogP contribution in [-0.2, 0) is 0 Å². The monoisotopic (exact) mass is 466 g/mol. The quantitative estimate of drug-likeness (QED) is 0.429. The van der Waals surface area contributed by atoms with Gasteiger partial charge in [0.05, 0.1) is 24.9 Å². The number of pyridine rings is 2. The van der Waals surface area contributed by atoms with Gasteiger partial charge in [0.15, 0.2) is 11.5 Å². The Kier molecular flexibility index (Phi) is 5.72. The molecule has 7 heteroatoms. The van der Waals surface area contributed by atoms with Crippen molar-refractivity contribution in [2.45, 2.75) is 6.04 Å². The summed E-state index contributed by atoms with van der Waals surface area (Å²) in [6.07, 6.45) is 3.51. The van der Waals surface area contributed by atoms with E-state index in [2.05, 4.69) is 31.2 Å². The molecule has 0 radical (unpaired) electrons. The number of aromatic hydroxyl groups is 1. The number of benzene rings is 2.